The van der Waals surface area contributed by atoms with Crippen LogP contribution < -0.4 is 10.6 Å². The summed E-state index contributed by atoms with van der Waals surface area (Å²) in [6, 6.07) is 7.27. The molecule has 0 aliphatic carbocycles. The van der Waals surface area contributed by atoms with Crippen molar-refractivity contribution in [1.29, 1.82) is 0 Å². The second kappa shape index (κ2) is 6.46. The normalized spacial score (nSPS) is 18.8. The minimum Gasteiger partial charge on any atom is -0.459 e. The summed E-state index contributed by atoms with van der Waals surface area (Å²) in [6.07, 6.45) is 1.71. The number of fused-ring (bicyclic) bond motifs is 1. The van der Waals surface area contributed by atoms with Crippen molar-refractivity contribution in [2.45, 2.75) is 37.5 Å². The van der Waals surface area contributed by atoms with Crippen molar-refractivity contribution in [2.24, 2.45) is 0 Å². The van der Waals surface area contributed by atoms with Crippen LogP contribution in [0.2, 0.25) is 0 Å². The highest BCUT2D eigenvalue weighted by molar-refractivity contribution is 7.92. The van der Waals surface area contributed by atoms with Crippen LogP contribution in [0.3, 0.4) is 0 Å². The fourth-order valence-corrected chi connectivity index (χ4v) is 4.94. The highest BCUT2D eigenvalue weighted by Gasteiger charge is 2.49. The van der Waals surface area contributed by atoms with E-state index in [2.05, 4.69) is 10.6 Å². The van der Waals surface area contributed by atoms with Crippen molar-refractivity contribution < 1.29 is 17.6 Å². The summed E-state index contributed by atoms with van der Waals surface area (Å²) in [7, 11) is -3.53. The SMILES string of the molecule is Cc1c(C(C)NC(=O)C2(S(C)(=O)=O)CCNCC2)oc2ccccc12. The first-order valence-corrected chi connectivity index (χ1v) is 10.3. The van der Waals surface area contributed by atoms with E-state index in [0.29, 0.717) is 18.8 Å². The molecule has 2 N–H and O–H groups in total. The van der Waals surface area contributed by atoms with Crippen LogP contribution in [0, 0.1) is 6.92 Å². The maximum atomic E-state index is 12.9. The zero-order chi connectivity index (χ0) is 18.2. The van der Waals surface area contributed by atoms with E-state index in [-0.39, 0.29) is 12.8 Å². The first-order valence-electron chi connectivity index (χ1n) is 8.45. The number of carbonyl (C=O) groups excluding carboxylic acids is 1. The number of piperidine rings is 1. The molecule has 2 heterocycles. The van der Waals surface area contributed by atoms with E-state index in [9.17, 15) is 13.2 Å². The van der Waals surface area contributed by atoms with Crippen LogP contribution in [-0.4, -0.2) is 38.4 Å². The number of aryl methyl sites for hydroxylation is 1. The number of hydrogen-bond acceptors (Lipinski definition) is 5. The van der Waals surface area contributed by atoms with E-state index in [4.69, 9.17) is 4.42 Å². The molecule has 136 valence electrons. The number of hydrogen-bond donors (Lipinski definition) is 2. The summed E-state index contributed by atoms with van der Waals surface area (Å²) < 4.78 is 29.2. The van der Waals surface area contributed by atoms with Gasteiger partial charge in [-0.25, -0.2) is 8.42 Å². The molecule has 7 heteroatoms. The standard InChI is InChI=1S/C18H24N2O4S/c1-12-14-6-4-5-7-15(14)24-16(12)13(2)20-17(21)18(25(3,22)23)8-10-19-11-9-18/h4-7,13,19H,8-11H2,1-3H3,(H,20,21). The van der Waals surface area contributed by atoms with Gasteiger partial charge >= 0.3 is 0 Å². The molecule has 0 saturated carbocycles. The molecule has 3 rings (SSSR count). The van der Waals surface area contributed by atoms with E-state index in [0.717, 1.165) is 22.8 Å². The van der Waals surface area contributed by atoms with Gasteiger partial charge in [-0.15, -0.1) is 0 Å². The number of furan rings is 1. The molecule has 25 heavy (non-hydrogen) atoms. The first-order chi connectivity index (χ1) is 11.8. The van der Waals surface area contributed by atoms with Crippen LogP contribution in [0.25, 0.3) is 11.0 Å². The summed E-state index contributed by atoms with van der Waals surface area (Å²) in [4.78, 5) is 12.9. The molecule has 1 aromatic heterocycles. The van der Waals surface area contributed by atoms with E-state index in [1.807, 2.05) is 38.1 Å². The number of amides is 1. The second-order valence-corrected chi connectivity index (χ2v) is 9.12. The Balaban J connectivity index is 1.89. The fourth-order valence-electron chi connectivity index (χ4n) is 3.60. The Labute approximate surface area is 147 Å². The molecule has 0 bridgehead atoms. The van der Waals surface area contributed by atoms with Gasteiger partial charge in [-0.2, -0.15) is 0 Å². The van der Waals surface area contributed by atoms with Crippen molar-refractivity contribution in [3.05, 3.63) is 35.6 Å². The molecule has 1 fully saturated rings. The topological polar surface area (TPSA) is 88.4 Å². The molecule has 1 aliphatic rings. The number of carbonyl (C=O) groups is 1. The lowest BCUT2D eigenvalue weighted by Crippen LogP contribution is -2.57. The van der Waals surface area contributed by atoms with Gasteiger partial charge in [0.1, 0.15) is 11.3 Å². The minimum atomic E-state index is -3.53. The van der Waals surface area contributed by atoms with E-state index in [1.54, 1.807) is 0 Å². The lowest BCUT2D eigenvalue weighted by atomic mass is 9.95. The van der Waals surface area contributed by atoms with Gasteiger partial charge < -0.3 is 15.1 Å². The van der Waals surface area contributed by atoms with Gasteiger partial charge in [-0.1, -0.05) is 18.2 Å². The van der Waals surface area contributed by atoms with Gasteiger partial charge in [0, 0.05) is 17.2 Å². The van der Waals surface area contributed by atoms with Crippen LogP contribution in [0.5, 0.6) is 0 Å². The Hall–Kier alpha value is -1.86. The van der Waals surface area contributed by atoms with E-state index >= 15 is 0 Å². The molecule has 1 aliphatic heterocycles. The highest BCUT2D eigenvalue weighted by Crippen LogP contribution is 2.32. The molecule has 1 atom stereocenters. The Kier molecular flexibility index (Phi) is 4.64. The largest absolute Gasteiger partial charge is 0.459 e. The van der Waals surface area contributed by atoms with Crippen LogP contribution in [0.1, 0.15) is 37.1 Å². The van der Waals surface area contributed by atoms with Crippen molar-refractivity contribution in [1.82, 2.24) is 10.6 Å². The summed E-state index contributed by atoms with van der Waals surface area (Å²) in [5.74, 6) is 0.219. The van der Waals surface area contributed by atoms with Crippen molar-refractivity contribution in [3.8, 4) is 0 Å². The molecule has 2 aromatic rings. The maximum absolute atomic E-state index is 12.9. The molecule has 1 amide bonds. The zero-order valence-corrected chi connectivity index (χ0v) is 15.6. The van der Waals surface area contributed by atoms with E-state index < -0.39 is 26.5 Å². The van der Waals surface area contributed by atoms with Gasteiger partial charge in [0.05, 0.1) is 6.04 Å². The van der Waals surface area contributed by atoms with Gasteiger partial charge in [0.25, 0.3) is 0 Å². The third-order valence-corrected chi connectivity index (χ3v) is 7.17. The lowest BCUT2D eigenvalue weighted by molar-refractivity contribution is -0.125. The van der Waals surface area contributed by atoms with Crippen LogP contribution in [-0.2, 0) is 14.6 Å². The van der Waals surface area contributed by atoms with Gasteiger partial charge in [-0.3, -0.25) is 4.79 Å². The molecular formula is C18H24N2O4S. The van der Waals surface area contributed by atoms with E-state index in [1.165, 1.54) is 0 Å². The third-order valence-electron chi connectivity index (χ3n) is 5.16. The average Bonchev–Trinajstić information content (AvgIpc) is 2.92. The summed E-state index contributed by atoms with van der Waals surface area (Å²) in [6.45, 7) is 4.79. The predicted molar refractivity (Wildman–Crippen MR) is 97.2 cm³/mol. The number of para-hydroxylation sites is 1. The molecule has 0 spiro atoms. The Bertz CT molecular complexity index is 895. The maximum Gasteiger partial charge on any atom is 0.242 e. The Morgan fingerprint density at radius 2 is 1.92 bits per heavy atom. The molecular weight excluding hydrogens is 340 g/mol. The quantitative estimate of drug-likeness (QED) is 0.867. The number of rotatable bonds is 4. The monoisotopic (exact) mass is 364 g/mol. The average molecular weight is 364 g/mol. The summed E-state index contributed by atoms with van der Waals surface area (Å²) in [5, 5.41) is 6.99. The predicted octanol–water partition coefficient (Wildman–Crippen LogP) is 2.09. The van der Waals surface area contributed by atoms with Crippen LogP contribution in [0.15, 0.2) is 28.7 Å². The summed E-state index contributed by atoms with van der Waals surface area (Å²) in [5.41, 5.74) is 1.72. The second-order valence-electron chi connectivity index (χ2n) is 6.80. The van der Waals surface area contributed by atoms with Gasteiger partial charge in [0.15, 0.2) is 14.6 Å². The van der Waals surface area contributed by atoms with Crippen molar-refractivity contribution >= 4 is 26.7 Å². The van der Waals surface area contributed by atoms with Crippen LogP contribution >= 0.6 is 0 Å². The Morgan fingerprint density at radius 3 is 2.52 bits per heavy atom. The zero-order valence-electron chi connectivity index (χ0n) is 14.8. The number of sulfone groups is 1. The number of nitrogens with one attached hydrogen (secondary N) is 2. The van der Waals surface area contributed by atoms with Crippen LogP contribution in [0.4, 0.5) is 0 Å². The van der Waals surface area contributed by atoms with Crippen molar-refractivity contribution in [2.75, 3.05) is 19.3 Å². The smallest absolute Gasteiger partial charge is 0.242 e. The molecule has 0 radical (unpaired) electrons. The summed E-state index contributed by atoms with van der Waals surface area (Å²) >= 11 is 0. The molecule has 1 saturated heterocycles. The fraction of sp³-hybridized carbons (Fsp3) is 0.500. The molecule has 1 aromatic carbocycles. The Morgan fingerprint density at radius 1 is 1.28 bits per heavy atom. The number of benzene rings is 1. The van der Waals surface area contributed by atoms with Crippen molar-refractivity contribution in [3.63, 3.8) is 0 Å². The first kappa shape index (κ1) is 17.9. The molecule has 6 nitrogen and oxygen atoms in total. The van der Waals surface area contributed by atoms with Gasteiger partial charge in [-0.05, 0) is 45.8 Å². The lowest BCUT2D eigenvalue weighted by Gasteiger charge is -2.35. The minimum absolute atomic E-state index is 0.281. The third kappa shape index (κ3) is 3.06. The highest BCUT2D eigenvalue weighted by atomic mass is 32.2. The van der Waals surface area contributed by atoms with Gasteiger partial charge in [0.2, 0.25) is 5.91 Å². The molecule has 1 unspecified atom stereocenters.